The summed E-state index contributed by atoms with van der Waals surface area (Å²) < 4.78 is 0. The molecule has 3 atom stereocenters. The number of allylic oxidation sites excluding steroid dienone is 5. The molecule has 0 heterocycles. The molecule has 26 heavy (non-hydrogen) atoms. The fraction of sp³-hybridized carbons (Fsp3) is 0.692. The second-order valence-corrected chi connectivity index (χ2v) is 7.95. The molecule has 0 aliphatic rings. The maximum atomic E-state index is 3.92. The SMILES string of the molecule is C=CCC(CC)=C(C)C(C#CC(C)=CC)CCCCC(C)C(C)CCC. The topological polar surface area (TPSA) is 0 Å². The Labute approximate surface area is 165 Å². The molecule has 0 radical (unpaired) electrons. The van der Waals surface area contributed by atoms with Gasteiger partial charge in [0.25, 0.3) is 0 Å². The van der Waals surface area contributed by atoms with Gasteiger partial charge in [-0.05, 0) is 57.4 Å². The molecule has 0 heteroatoms. The van der Waals surface area contributed by atoms with Crippen molar-refractivity contribution in [2.75, 3.05) is 0 Å². The Bertz CT molecular complexity index is 506. The molecule has 0 fully saturated rings. The van der Waals surface area contributed by atoms with Crippen LogP contribution in [0.25, 0.3) is 0 Å². The van der Waals surface area contributed by atoms with Gasteiger partial charge in [-0.2, -0.15) is 0 Å². The smallest absolute Gasteiger partial charge is 0.0415 e. The highest BCUT2D eigenvalue weighted by atomic mass is 14.2. The zero-order chi connectivity index (χ0) is 19.9. The van der Waals surface area contributed by atoms with Gasteiger partial charge in [0, 0.05) is 5.92 Å². The molecule has 0 rings (SSSR count). The van der Waals surface area contributed by atoms with E-state index in [1.807, 2.05) is 6.08 Å². The normalized spacial score (nSPS) is 16.2. The molecule has 0 saturated heterocycles. The third-order valence-corrected chi connectivity index (χ3v) is 5.89. The molecule has 0 aliphatic carbocycles. The Morgan fingerprint density at radius 3 is 2.15 bits per heavy atom. The minimum absolute atomic E-state index is 0.392. The third-order valence-electron chi connectivity index (χ3n) is 5.89. The van der Waals surface area contributed by atoms with Gasteiger partial charge < -0.3 is 0 Å². The van der Waals surface area contributed by atoms with Crippen molar-refractivity contribution in [2.24, 2.45) is 17.8 Å². The predicted octanol–water partition coefficient (Wildman–Crippen LogP) is 8.51. The monoisotopic (exact) mass is 356 g/mol. The second kappa shape index (κ2) is 14.9. The first-order chi connectivity index (χ1) is 12.4. The van der Waals surface area contributed by atoms with E-state index in [1.54, 1.807) is 0 Å². The number of hydrogen-bond acceptors (Lipinski definition) is 0. The van der Waals surface area contributed by atoms with Crippen LogP contribution in [0.1, 0.15) is 99.8 Å². The van der Waals surface area contributed by atoms with Gasteiger partial charge in [-0.25, -0.2) is 0 Å². The highest BCUT2D eigenvalue weighted by Crippen LogP contribution is 2.27. The summed E-state index contributed by atoms with van der Waals surface area (Å²) in [5.41, 5.74) is 4.17. The summed E-state index contributed by atoms with van der Waals surface area (Å²) in [6.45, 7) is 19.8. The van der Waals surface area contributed by atoms with Crippen molar-refractivity contribution in [3.63, 3.8) is 0 Å². The van der Waals surface area contributed by atoms with Gasteiger partial charge in [0.1, 0.15) is 0 Å². The minimum Gasteiger partial charge on any atom is -0.103 e. The first-order valence-electron chi connectivity index (χ1n) is 10.8. The van der Waals surface area contributed by atoms with E-state index in [-0.39, 0.29) is 0 Å². The van der Waals surface area contributed by atoms with Crippen molar-refractivity contribution >= 4 is 0 Å². The molecular weight excluding hydrogens is 312 g/mol. The van der Waals surface area contributed by atoms with Crippen molar-refractivity contribution < 1.29 is 0 Å². The fourth-order valence-corrected chi connectivity index (χ4v) is 3.51. The molecule has 0 saturated carbocycles. The summed E-state index contributed by atoms with van der Waals surface area (Å²) in [7, 11) is 0. The lowest BCUT2D eigenvalue weighted by atomic mass is 9.85. The highest BCUT2D eigenvalue weighted by molar-refractivity contribution is 5.31. The van der Waals surface area contributed by atoms with Crippen LogP contribution in [0.3, 0.4) is 0 Å². The van der Waals surface area contributed by atoms with E-state index in [0.29, 0.717) is 5.92 Å². The van der Waals surface area contributed by atoms with Gasteiger partial charge in [-0.1, -0.05) is 94.9 Å². The largest absolute Gasteiger partial charge is 0.103 e. The maximum Gasteiger partial charge on any atom is 0.0415 e. The van der Waals surface area contributed by atoms with Gasteiger partial charge in [0.15, 0.2) is 0 Å². The van der Waals surface area contributed by atoms with E-state index in [9.17, 15) is 0 Å². The van der Waals surface area contributed by atoms with Crippen LogP contribution < -0.4 is 0 Å². The first-order valence-corrected chi connectivity index (χ1v) is 10.8. The molecule has 0 amide bonds. The van der Waals surface area contributed by atoms with Crippen LogP contribution in [0, 0.1) is 29.6 Å². The van der Waals surface area contributed by atoms with Gasteiger partial charge in [-0.15, -0.1) is 6.58 Å². The van der Waals surface area contributed by atoms with E-state index in [4.69, 9.17) is 0 Å². The van der Waals surface area contributed by atoms with Gasteiger partial charge in [0.05, 0.1) is 0 Å². The number of unbranched alkanes of at least 4 members (excludes halogenated alkanes) is 1. The molecule has 0 aromatic heterocycles. The Balaban J connectivity index is 4.92. The lowest BCUT2D eigenvalue weighted by Crippen LogP contribution is -2.08. The maximum absolute atomic E-state index is 3.92. The zero-order valence-electron chi connectivity index (χ0n) is 18.8. The summed E-state index contributed by atoms with van der Waals surface area (Å²) in [5, 5.41) is 0. The Morgan fingerprint density at radius 2 is 1.62 bits per heavy atom. The highest BCUT2D eigenvalue weighted by Gasteiger charge is 2.14. The molecule has 0 N–H and O–H groups in total. The molecule has 0 spiro atoms. The first kappa shape index (κ1) is 24.8. The number of rotatable bonds is 12. The summed E-state index contributed by atoms with van der Waals surface area (Å²) >= 11 is 0. The fourth-order valence-electron chi connectivity index (χ4n) is 3.51. The molecule has 0 bridgehead atoms. The molecule has 0 aromatic rings. The van der Waals surface area contributed by atoms with Crippen molar-refractivity contribution in [2.45, 2.75) is 99.8 Å². The molecule has 3 unspecified atom stereocenters. The second-order valence-electron chi connectivity index (χ2n) is 7.95. The van der Waals surface area contributed by atoms with Crippen LogP contribution in [0.2, 0.25) is 0 Å². The van der Waals surface area contributed by atoms with Crippen LogP contribution in [-0.2, 0) is 0 Å². The summed E-state index contributed by atoms with van der Waals surface area (Å²) in [6.07, 6.45) is 14.0. The van der Waals surface area contributed by atoms with Crippen molar-refractivity contribution in [1.82, 2.24) is 0 Å². The minimum atomic E-state index is 0.392. The predicted molar refractivity (Wildman–Crippen MR) is 120 cm³/mol. The van der Waals surface area contributed by atoms with Gasteiger partial charge in [-0.3, -0.25) is 0 Å². The van der Waals surface area contributed by atoms with Crippen LogP contribution in [0.15, 0.2) is 35.5 Å². The van der Waals surface area contributed by atoms with Crippen LogP contribution in [-0.4, -0.2) is 0 Å². The quantitative estimate of drug-likeness (QED) is 0.187. The van der Waals surface area contributed by atoms with Gasteiger partial charge in [0.2, 0.25) is 0 Å². The van der Waals surface area contributed by atoms with Crippen LogP contribution in [0.4, 0.5) is 0 Å². The van der Waals surface area contributed by atoms with E-state index in [1.165, 1.54) is 55.2 Å². The lowest BCUT2D eigenvalue weighted by Gasteiger charge is -2.20. The Morgan fingerprint density at radius 1 is 1.00 bits per heavy atom. The van der Waals surface area contributed by atoms with Crippen LogP contribution >= 0.6 is 0 Å². The van der Waals surface area contributed by atoms with Crippen molar-refractivity contribution in [3.8, 4) is 11.8 Å². The zero-order valence-corrected chi connectivity index (χ0v) is 18.8. The van der Waals surface area contributed by atoms with E-state index < -0.39 is 0 Å². The Kier molecular flexibility index (Phi) is 14.2. The number of hydrogen-bond donors (Lipinski definition) is 0. The van der Waals surface area contributed by atoms with E-state index in [2.05, 4.69) is 73.0 Å². The van der Waals surface area contributed by atoms with Crippen molar-refractivity contribution in [1.29, 1.82) is 0 Å². The standard InChI is InChI=1S/C26H44/c1-9-15-22(6)23(7)17-13-14-18-26(20-19-21(5)11-3)24(8)25(12-4)16-10-2/h10-11,22-23,26H,2,9,12-18H2,1,3-8H3. The summed E-state index contributed by atoms with van der Waals surface area (Å²) in [4.78, 5) is 0. The Hall–Kier alpha value is -1.22. The molecule has 0 aromatic carbocycles. The molecular formula is C26H44. The summed E-state index contributed by atoms with van der Waals surface area (Å²) in [5.74, 6) is 9.02. The van der Waals surface area contributed by atoms with E-state index in [0.717, 1.165) is 24.7 Å². The molecule has 0 nitrogen and oxygen atoms in total. The summed E-state index contributed by atoms with van der Waals surface area (Å²) in [6, 6.07) is 0. The van der Waals surface area contributed by atoms with Crippen LogP contribution in [0.5, 0.6) is 0 Å². The molecule has 0 aliphatic heterocycles. The third kappa shape index (κ3) is 10.1. The van der Waals surface area contributed by atoms with Gasteiger partial charge >= 0.3 is 0 Å². The average Bonchev–Trinajstić information content (AvgIpc) is 2.64. The average molecular weight is 357 g/mol. The van der Waals surface area contributed by atoms with Crippen molar-refractivity contribution in [3.05, 3.63) is 35.5 Å². The lowest BCUT2D eigenvalue weighted by molar-refractivity contribution is 0.329. The molecule has 148 valence electrons. The van der Waals surface area contributed by atoms with E-state index >= 15 is 0 Å².